The molecule has 0 spiro atoms. The summed E-state index contributed by atoms with van der Waals surface area (Å²) in [7, 11) is 0. The Balaban J connectivity index is 2.32. The van der Waals surface area contributed by atoms with Crippen molar-refractivity contribution in [2.45, 2.75) is 53.2 Å². The molecule has 0 radical (unpaired) electrons. The molecule has 1 atom stereocenters. The number of aromatic nitrogens is 1. The number of hydrogen-bond donors (Lipinski definition) is 3. The molecule has 0 aliphatic rings. The van der Waals surface area contributed by atoms with Gasteiger partial charge in [-0.05, 0) is 19.8 Å². The third-order valence-corrected chi connectivity index (χ3v) is 4.41. The van der Waals surface area contributed by atoms with Gasteiger partial charge in [0.1, 0.15) is 0 Å². The number of rotatable bonds is 7. The zero-order valence-electron chi connectivity index (χ0n) is 12.7. The molecule has 0 aliphatic carbocycles. The second-order valence-electron chi connectivity index (χ2n) is 4.94. The second kappa shape index (κ2) is 8.21. The summed E-state index contributed by atoms with van der Waals surface area (Å²) >= 11 is 1.63. The van der Waals surface area contributed by atoms with Crippen molar-refractivity contribution in [3.8, 4) is 0 Å². The monoisotopic (exact) mass is 299 g/mol. The lowest BCUT2D eigenvalue weighted by molar-refractivity contribution is 0.103. The van der Waals surface area contributed by atoms with Gasteiger partial charge in [0.2, 0.25) is 0 Å². The van der Waals surface area contributed by atoms with Gasteiger partial charge in [-0.1, -0.05) is 26.7 Å². The van der Waals surface area contributed by atoms with Crippen LogP contribution in [-0.4, -0.2) is 28.8 Å². The Morgan fingerprint density at radius 1 is 1.30 bits per heavy atom. The first-order valence-corrected chi connectivity index (χ1v) is 7.92. The molecule has 6 heteroatoms. The lowest BCUT2D eigenvalue weighted by Crippen LogP contribution is -2.41. The number of hydrogen-bond acceptors (Lipinski definition) is 4. The summed E-state index contributed by atoms with van der Waals surface area (Å²) in [5.41, 5.74) is 0.906. The van der Waals surface area contributed by atoms with Gasteiger partial charge in [-0.15, -0.1) is 11.3 Å². The van der Waals surface area contributed by atoms with Crippen LogP contribution in [0.4, 0.5) is 4.79 Å². The summed E-state index contributed by atoms with van der Waals surface area (Å²) in [5.74, 6) is 0.235. The van der Waals surface area contributed by atoms with E-state index in [2.05, 4.69) is 15.6 Å². The van der Waals surface area contributed by atoms with Crippen molar-refractivity contribution in [1.82, 2.24) is 15.6 Å². The molecule has 20 heavy (non-hydrogen) atoms. The van der Waals surface area contributed by atoms with Crippen molar-refractivity contribution in [1.29, 1.82) is 0 Å². The van der Waals surface area contributed by atoms with Crippen molar-refractivity contribution < 1.29 is 9.90 Å². The van der Waals surface area contributed by atoms with E-state index in [4.69, 9.17) is 0 Å². The molecular formula is C14H25N3O2S. The molecule has 114 valence electrons. The zero-order valence-corrected chi connectivity index (χ0v) is 13.5. The van der Waals surface area contributed by atoms with E-state index in [1.54, 1.807) is 11.3 Å². The quantitative estimate of drug-likeness (QED) is 0.723. The summed E-state index contributed by atoms with van der Waals surface area (Å²) in [4.78, 5) is 17.2. The fourth-order valence-corrected chi connectivity index (χ4v) is 2.99. The zero-order chi connectivity index (χ0) is 15.1. The normalized spacial score (nSPS) is 12.5. The van der Waals surface area contributed by atoms with Crippen LogP contribution in [0.5, 0.6) is 0 Å². The van der Waals surface area contributed by atoms with Gasteiger partial charge in [0.15, 0.2) is 0 Å². The summed E-state index contributed by atoms with van der Waals surface area (Å²) in [6.07, 6.45) is 1.34. The van der Waals surface area contributed by atoms with E-state index in [-0.39, 0.29) is 18.5 Å². The van der Waals surface area contributed by atoms with Crippen molar-refractivity contribution in [2.75, 3.05) is 6.54 Å². The van der Waals surface area contributed by atoms with E-state index < -0.39 is 6.10 Å². The molecule has 1 aromatic rings. The maximum Gasteiger partial charge on any atom is 0.315 e. The first kappa shape index (κ1) is 16.9. The number of urea groups is 1. The van der Waals surface area contributed by atoms with E-state index in [9.17, 15) is 9.90 Å². The molecule has 2 amide bonds. The molecule has 0 aromatic carbocycles. The summed E-state index contributed by atoms with van der Waals surface area (Å²) < 4.78 is 0. The number of nitrogens with zero attached hydrogens (tertiary/aromatic N) is 1. The van der Waals surface area contributed by atoms with Crippen molar-refractivity contribution in [3.05, 3.63) is 15.6 Å². The Bertz CT molecular complexity index is 430. The average Bonchev–Trinajstić information content (AvgIpc) is 2.73. The van der Waals surface area contributed by atoms with Gasteiger partial charge in [-0.2, -0.15) is 0 Å². The fraction of sp³-hybridized carbons (Fsp3) is 0.714. The van der Waals surface area contributed by atoms with Crippen LogP contribution >= 0.6 is 11.3 Å². The molecule has 1 rings (SSSR count). The van der Waals surface area contributed by atoms with Crippen molar-refractivity contribution in [2.24, 2.45) is 5.92 Å². The largest absolute Gasteiger partial charge is 0.391 e. The number of nitrogens with one attached hydrogen (secondary N) is 2. The number of thiazole rings is 1. The van der Waals surface area contributed by atoms with Gasteiger partial charge in [0, 0.05) is 11.4 Å². The smallest absolute Gasteiger partial charge is 0.315 e. The highest BCUT2D eigenvalue weighted by atomic mass is 32.1. The minimum Gasteiger partial charge on any atom is -0.391 e. The highest BCUT2D eigenvalue weighted by Gasteiger charge is 2.16. The summed E-state index contributed by atoms with van der Waals surface area (Å²) in [6, 6.07) is -0.264. The van der Waals surface area contributed by atoms with Crippen LogP contribution in [0.15, 0.2) is 0 Å². The lowest BCUT2D eigenvalue weighted by atomic mass is 9.97. The van der Waals surface area contributed by atoms with E-state index in [0.717, 1.165) is 28.4 Å². The van der Waals surface area contributed by atoms with Crippen molar-refractivity contribution in [3.63, 3.8) is 0 Å². The molecule has 0 aliphatic heterocycles. The van der Waals surface area contributed by atoms with Gasteiger partial charge >= 0.3 is 6.03 Å². The molecule has 0 fully saturated rings. The van der Waals surface area contributed by atoms with E-state index in [1.165, 1.54) is 0 Å². The molecular weight excluding hydrogens is 274 g/mol. The molecule has 1 unspecified atom stereocenters. The number of aliphatic hydroxyl groups excluding tert-OH is 1. The van der Waals surface area contributed by atoms with Crippen LogP contribution in [0, 0.1) is 19.8 Å². The van der Waals surface area contributed by atoms with Gasteiger partial charge in [0.25, 0.3) is 0 Å². The van der Waals surface area contributed by atoms with Crippen LogP contribution in [0.1, 0.15) is 42.3 Å². The lowest BCUT2D eigenvalue weighted by Gasteiger charge is -2.20. The van der Waals surface area contributed by atoms with Crippen molar-refractivity contribution >= 4 is 17.4 Å². The predicted molar refractivity (Wildman–Crippen MR) is 81.9 cm³/mol. The molecule has 0 saturated heterocycles. The van der Waals surface area contributed by atoms with Gasteiger partial charge in [0.05, 0.1) is 23.4 Å². The Morgan fingerprint density at radius 2 is 1.95 bits per heavy atom. The van der Waals surface area contributed by atoms with Crippen LogP contribution in [0.3, 0.4) is 0 Å². The highest BCUT2D eigenvalue weighted by Crippen LogP contribution is 2.16. The molecule has 3 N–H and O–H groups in total. The van der Waals surface area contributed by atoms with E-state index in [0.29, 0.717) is 6.54 Å². The molecule has 1 aromatic heterocycles. The Hall–Kier alpha value is -1.14. The summed E-state index contributed by atoms with van der Waals surface area (Å²) in [6.45, 7) is 8.75. The van der Waals surface area contributed by atoms with Crippen LogP contribution in [0.2, 0.25) is 0 Å². The van der Waals surface area contributed by atoms with E-state index in [1.807, 2.05) is 27.7 Å². The Kier molecular flexibility index (Phi) is 6.95. The second-order valence-corrected chi connectivity index (χ2v) is 6.35. The first-order valence-electron chi connectivity index (χ1n) is 7.10. The SMILES string of the molecule is CCC(CC)C(O)CNC(=O)NCc1nc(C)sc1C. The standard InChI is InChI=1S/C14H25N3O2S/c1-5-11(6-2)13(18)8-16-14(19)15-7-12-9(3)20-10(4)17-12/h11,13,18H,5-8H2,1-4H3,(H2,15,16,19). The average molecular weight is 299 g/mol. The van der Waals surface area contributed by atoms with E-state index >= 15 is 0 Å². The minimum atomic E-state index is -0.487. The Labute approximate surface area is 124 Å². The number of aryl methyl sites for hydroxylation is 2. The molecule has 0 bridgehead atoms. The van der Waals surface area contributed by atoms with Crippen LogP contribution in [-0.2, 0) is 6.54 Å². The number of aliphatic hydroxyl groups is 1. The maximum atomic E-state index is 11.7. The van der Waals surface area contributed by atoms with Gasteiger partial charge < -0.3 is 15.7 Å². The molecule has 0 saturated carbocycles. The maximum absolute atomic E-state index is 11.7. The number of carbonyl (C=O) groups is 1. The van der Waals surface area contributed by atoms with Gasteiger partial charge in [-0.3, -0.25) is 0 Å². The predicted octanol–water partition coefficient (Wildman–Crippen LogP) is 2.36. The minimum absolute atomic E-state index is 0.235. The van der Waals surface area contributed by atoms with Crippen LogP contribution in [0.25, 0.3) is 0 Å². The van der Waals surface area contributed by atoms with Gasteiger partial charge in [-0.25, -0.2) is 9.78 Å². The fourth-order valence-electron chi connectivity index (χ4n) is 2.16. The Morgan fingerprint density at radius 3 is 2.45 bits per heavy atom. The third-order valence-electron chi connectivity index (χ3n) is 3.48. The number of amides is 2. The molecule has 5 nitrogen and oxygen atoms in total. The highest BCUT2D eigenvalue weighted by molar-refractivity contribution is 7.11. The first-order chi connectivity index (χ1) is 9.47. The topological polar surface area (TPSA) is 74.2 Å². The van der Waals surface area contributed by atoms with Crippen LogP contribution < -0.4 is 10.6 Å². The number of carbonyl (C=O) groups excluding carboxylic acids is 1. The summed E-state index contributed by atoms with van der Waals surface area (Å²) in [5, 5.41) is 16.4. The third kappa shape index (κ3) is 5.09. The molecule has 1 heterocycles.